The zero-order chi connectivity index (χ0) is 12.3. The van der Waals surface area contributed by atoms with E-state index in [-0.39, 0.29) is 11.1 Å². The van der Waals surface area contributed by atoms with Gasteiger partial charge in [-0.05, 0) is 6.07 Å². The Kier molecular flexibility index (Phi) is 3.00. The average Bonchev–Trinajstić information content (AvgIpc) is 2.38. The number of aromatic nitrogens is 2. The lowest BCUT2D eigenvalue weighted by molar-refractivity contribution is 0.0601. The van der Waals surface area contributed by atoms with Gasteiger partial charge in [-0.25, -0.2) is 4.79 Å². The lowest BCUT2D eigenvalue weighted by Crippen LogP contribution is -2.12. The lowest BCUT2D eigenvalue weighted by atomic mass is 10.0. The maximum Gasteiger partial charge on any atom is 0.338 e. The maximum atomic E-state index is 11.6. The number of nitrogens with zero attached hydrogens (tertiary/aromatic N) is 1. The van der Waals surface area contributed by atoms with Gasteiger partial charge in [-0.2, -0.15) is 0 Å². The van der Waals surface area contributed by atoms with Crippen molar-refractivity contribution in [2.75, 3.05) is 7.11 Å². The van der Waals surface area contributed by atoms with Crippen molar-refractivity contribution in [3.05, 3.63) is 52.7 Å². The number of nitrogens with one attached hydrogen (secondary N) is 1. The number of ether oxygens (including phenoxy) is 1. The van der Waals surface area contributed by atoms with Gasteiger partial charge < -0.3 is 9.72 Å². The van der Waals surface area contributed by atoms with Crippen LogP contribution in [0.15, 0.2) is 41.6 Å². The molecular weight excluding hydrogens is 220 g/mol. The van der Waals surface area contributed by atoms with E-state index in [0.717, 1.165) is 5.56 Å². The summed E-state index contributed by atoms with van der Waals surface area (Å²) < 4.78 is 4.64. The predicted octanol–water partition coefficient (Wildman–Crippen LogP) is 1.22. The number of pyridine rings is 2. The zero-order valence-corrected chi connectivity index (χ0v) is 9.14. The molecule has 0 radical (unpaired) electrons. The number of methoxy groups -OCH3 is 1. The molecule has 5 nitrogen and oxygen atoms in total. The molecule has 0 bridgehead atoms. The Labute approximate surface area is 97.1 Å². The summed E-state index contributed by atoms with van der Waals surface area (Å²) in [5, 5.41) is 0. The van der Waals surface area contributed by atoms with Crippen LogP contribution in [0, 0.1) is 0 Å². The van der Waals surface area contributed by atoms with Crippen LogP contribution in [0.1, 0.15) is 10.4 Å². The molecule has 0 aliphatic rings. The Morgan fingerprint density at radius 3 is 2.94 bits per heavy atom. The summed E-state index contributed by atoms with van der Waals surface area (Å²) in [5.41, 5.74) is 1.20. The smallest absolute Gasteiger partial charge is 0.338 e. The first-order chi connectivity index (χ1) is 8.22. The Morgan fingerprint density at radius 2 is 2.29 bits per heavy atom. The van der Waals surface area contributed by atoms with Gasteiger partial charge in [0, 0.05) is 35.8 Å². The second kappa shape index (κ2) is 4.61. The van der Waals surface area contributed by atoms with E-state index in [1.54, 1.807) is 24.5 Å². The third-order valence-corrected chi connectivity index (χ3v) is 2.30. The van der Waals surface area contributed by atoms with E-state index in [2.05, 4.69) is 14.7 Å². The molecule has 86 valence electrons. The van der Waals surface area contributed by atoms with Crippen LogP contribution in [0.4, 0.5) is 0 Å². The number of carbonyl (C=O) groups is 1. The van der Waals surface area contributed by atoms with Crippen LogP contribution in [0.3, 0.4) is 0 Å². The highest BCUT2D eigenvalue weighted by molar-refractivity contribution is 5.96. The molecular formula is C12H10N2O3. The number of hydrogen-bond donors (Lipinski definition) is 1. The number of aromatic amines is 1. The van der Waals surface area contributed by atoms with E-state index in [1.165, 1.54) is 19.4 Å². The summed E-state index contributed by atoms with van der Waals surface area (Å²) in [6.07, 6.45) is 4.72. The summed E-state index contributed by atoms with van der Waals surface area (Å²) in [5.74, 6) is -0.546. The summed E-state index contributed by atoms with van der Waals surface area (Å²) in [6, 6.07) is 4.77. The van der Waals surface area contributed by atoms with Crippen LogP contribution in [-0.4, -0.2) is 23.0 Å². The van der Waals surface area contributed by atoms with Crippen molar-refractivity contribution in [3.63, 3.8) is 0 Å². The van der Waals surface area contributed by atoms with Crippen molar-refractivity contribution in [1.29, 1.82) is 0 Å². The first-order valence-electron chi connectivity index (χ1n) is 4.94. The number of esters is 1. The van der Waals surface area contributed by atoms with Crippen LogP contribution in [0.25, 0.3) is 11.1 Å². The van der Waals surface area contributed by atoms with Gasteiger partial charge in [-0.3, -0.25) is 9.78 Å². The first kappa shape index (κ1) is 11.1. The minimum absolute atomic E-state index is 0.226. The summed E-state index contributed by atoms with van der Waals surface area (Å²) in [4.78, 5) is 29.3. The molecule has 0 unspecified atom stereocenters. The van der Waals surface area contributed by atoms with Crippen molar-refractivity contribution in [3.8, 4) is 11.1 Å². The fourth-order valence-corrected chi connectivity index (χ4v) is 1.51. The minimum Gasteiger partial charge on any atom is -0.465 e. The lowest BCUT2D eigenvalue weighted by Gasteiger charge is -2.06. The van der Waals surface area contributed by atoms with Crippen molar-refractivity contribution < 1.29 is 9.53 Å². The van der Waals surface area contributed by atoms with Crippen molar-refractivity contribution in [1.82, 2.24) is 9.97 Å². The van der Waals surface area contributed by atoms with Crippen LogP contribution < -0.4 is 5.56 Å². The van der Waals surface area contributed by atoms with Crippen molar-refractivity contribution in [2.24, 2.45) is 0 Å². The van der Waals surface area contributed by atoms with Gasteiger partial charge >= 0.3 is 5.97 Å². The molecule has 0 aliphatic heterocycles. The van der Waals surface area contributed by atoms with Gasteiger partial charge in [0.25, 0.3) is 0 Å². The topological polar surface area (TPSA) is 72.1 Å². The third kappa shape index (κ3) is 2.23. The molecule has 2 heterocycles. The van der Waals surface area contributed by atoms with E-state index in [4.69, 9.17) is 0 Å². The molecule has 0 aromatic carbocycles. The largest absolute Gasteiger partial charge is 0.465 e. The molecule has 0 spiro atoms. The average molecular weight is 230 g/mol. The molecule has 0 aliphatic carbocycles. The molecule has 17 heavy (non-hydrogen) atoms. The van der Waals surface area contributed by atoms with Gasteiger partial charge in [-0.1, -0.05) is 6.07 Å². The Hall–Kier alpha value is -2.43. The zero-order valence-electron chi connectivity index (χ0n) is 9.14. The normalized spacial score (nSPS) is 9.94. The third-order valence-electron chi connectivity index (χ3n) is 2.30. The van der Waals surface area contributed by atoms with E-state index in [1.807, 2.05) is 0 Å². The molecule has 1 N–H and O–H groups in total. The van der Waals surface area contributed by atoms with Crippen LogP contribution >= 0.6 is 0 Å². The number of hydrogen-bond acceptors (Lipinski definition) is 4. The van der Waals surface area contributed by atoms with Gasteiger partial charge in [0.1, 0.15) is 0 Å². The van der Waals surface area contributed by atoms with Crippen LogP contribution in [-0.2, 0) is 4.74 Å². The number of H-pyrrole nitrogens is 1. The van der Waals surface area contributed by atoms with E-state index in [9.17, 15) is 9.59 Å². The summed E-state index contributed by atoms with van der Waals surface area (Å²) in [6.45, 7) is 0. The molecule has 2 aromatic rings. The maximum absolute atomic E-state index is 11.6. The van der Waals surface area contributed by atoms with Gasteiger partial charge in [0.05, 0.1) is 12.7 Å². The molecule has 0 amide bonds. The van der Waals surface area contributed by atoms with Gasteiger partial charge in [-0.15, -0.1) is 0 Å². The highest BCUT2D eigenvalue weighted by Crippen LogP contribution is 2.21. The first-order valence-corrected chi connectivity index (χ1v) is 4.94. The molecule has 2 rings (SSSR count). The molecule has 0 atom stereocenters. The monoisotopic (exact) mass is 230 g/mol. The Bertz CT molecular complexity index is 590. The molecule has 0 saturated carbocycles. The Morgan fingerprint density at radius 1 is 1.47 bits per heavy atom. The van der Waals surface area contributed by atoms with Crippen LogP contribution in [0.5, 0.6) is 0 Å². The van der Waals surface area contributed by atoms with Gasteiger partial charge in [0.2, 0.25) is 5.56 Å². The number of rotatable bonds is 2. The molecule has 0 saturated heterocycles. The van der Waals surface area contributed by atoms with Crippen LogP contribution in [0.2, 0.25) is 0 Å². The molecule has 2 aromatic heterocycles. The molecule has 5 heteroatoms. The fourth-order valence-electron chi connectivity index (χ4n) is 1.51. The molecule has 0 fully saturated rings. The fraction of sp³-hybridized carbons (Fsp3) is 0.0833. The van der Waals surface area contributed by atoms with Crippen molar-refractivity contribution >= 4 is 5.97 Å². The summed E-state index contributed by atoms with van der Waals surface area (Å²) >= 11 is 0. The van der Waals surface area contributed by atoms with E-state index < -0.39 is 5.97 Å². The second-order valence-electron chi connectivity index (χ2n) is 3.36. The van der Waals surface area contributed by atoms with Gasteiger partial charge in [0.15, 0.2) is 0 Å². The van der Waals surface area contributed by atoms with E-state index in [0.29, 0.717) is 5.56 Å². The SMILES string of the molecule is COC(=O)c1cc(=O)[nH]cc1-c1cccnc1. The summed E-state index contributed by atoms with van der Waals surface area (Å²) in [7, 11) is 1.27. The minimum atomic E-state index is -0.546. The van der Waals surface area contributed by atoms with Crippen molar-refractivity contribution in [2.45, 2.75) is 0 Å². The quantitative estimate of drug-likeness (QED) is 0.787. The predicted molar refractivity (Wildman–Crippen MR) is 61.6 cm³/mol. The highest BCUT2D eigenvalue weighted by Gasteiger charge is 2.13. The number of carbonyl (C=O) groups excluding carboxylic acids is 1. The Balaban J connectivity index is 2.62. The van der Waals surface area contributed by atoms with E-state index >= 15 is 0 Å². The second-order valence-corrected chi connectivity index (χ2v) is 3.36. The highest BCUT2D eigenvalue weighted by atomic mass is 16.5. The standard InChI is InChI=1S/C12H10N2O3/c1-17-12(16)9-5-11(15)14-7-10(9)8-3-2-4-13-6-8/h2-7H,1H3,(H,14,15).